The molecule has 3 nitrogen and oxygen atoms in total. The predicted octanol–water partition coefficient (Wildman–Crippen LogP) is 15.6. The van der Waals surface area contributed by atoms with Crippen molar-refractivity contribution in [3.05, 3.63) is 211 Å². The lowest BCUT2D eigenvalue weighted by atomic mass is 9.95. The fourth-order valence-electron chi connectivity index (χ4n) is 6.03. The Labute approximate surface area is 379 Å². The average molecular weight is 765 g/mol. The smallest absolute Gasteiger partial charge is 0.144 e. The Morgan fingerprint density at radius 1 is 0.316 bits per heavy atom. The van der Waals surface area contributed by atoms with Crippen LogP contribution in [0.4, 0.5) is 17.1 Å². The topological polar surface area (TPSA) is 29.5 Å². The van der Waals surface area contributed by atoms with Crippen LogP contribution in [-0.4, -0.2) is 0 Å². The van der Waals surface area contributed by atoms with Crippen LogP contribution in [0.1, 0.15) is 48.0 Å². The average Bonchev–Trinajstić information content (AvgIpc) is 1.55. The van der Waals surface area contributed by atoms with Crippen molar-refractivity contribution < 1.29 is 56.8 Å². The van der Waals surface area contributed by atoms with Crippen molar-refractivity contribution in [3.63, 3.8) is 0 Å². The van der Waals surface area contributed by atoms with Crippen molar-refractivity contribution in [1.82, 2.24) is 0 Å². The molecule has 0 N–H and O–H groups in total. The fourth-order valence-corrected chi connectivity index (χ4v) is 6.03. The lowest BCUT2D eigenvalue weighted by Gasteiger charge is -2.26. The number of hydrogen-bond donors (Lipinski definition) is 0. The van der Waals surface area contributed by atoms with Crippen LogP contribution in [0, 0.1) is 0 Å². The van der Waals surface area contributed by atoms with E-state index in [9.17, 15) is 21.9 Å². The van der Waals surface area contributed by atoms with Crippen LogP contribution in [0.5, 0.6) is 0 Å². The third-order valence-corrected chi connectivity index (χ3v) is 8.52. The lowest BCUT2D eigenvalue weighted by Crippen LogP contribution is -2.09. The van der Waals surface area contributed by atoms with Crippen LogP contribution < -0.4 is 4.90 Å². The van der Waals surface area contributed by atoms with E-state index in [1.165, 1.54) is 0 Å². The minimum Gasteiger partial charge on any atom is -0.456 e. The second-order valence-corrected chi connectivity index (χ2v) is 11.8. The molecule has 0 fully saturated rings. The fraction of sp³-hybridized carbons (Fsp3) is 0. The molecule has 0 saturated heterocycles. The number of furan rings is 2. The van der Waals surface area contributed by atoms with Gasteiger partial charge < -0.3 is 13.7 Å². The molecule has 0 amide bonds. The minimum atomic E-state index is -1.31. The van der Waals surface area contributed by atoms with Gasteiger partial charge in [0.15, 0.2) is 0 Å². The molecule has 0 aliphatic carbocycles. The molecule has 0 bridgehead atoms. The minimum absolute atomic E-state index is 0.298. The number of benzene rings is 9. The second-order valence-electron chi connectivity index (χ2n) is 11.8. The Kier molecular flexibility index (Phi) is 3.09. The highest BCUT2D eigenvalue weighted by atomic mass is 16.3. The highest BCUT2D eigenvalue weighted by molar-refractivity contribution is 6.23. The van der Waals surface area contributed by atoms with E-state index < -0.39 is 317 Å². The van der Waals surface area contributed by atoms with Crippen molar-refractivity contribution in [2.24, 2.45) is 0 Å². The van der Waals surface area contributed by atoms with Gasteiger partial charge in [-0.05, 0) is 87.3 Å². The molecule has 0 unspecified atom stereocenters. The molecule has 268 valence electrons. The summed E-state index contributed by atoms with van der Waals surface area (Å²) in [6.45, 7) is 0. The molecular formula is C54H35NO2. The molecule has 0 radical (unpaired) electrons. The van der Waals surface area contributed by atoms with E-state index in [0.717, 1.165) is 0 Å². The monoisotopic (exact) mass is 764 g/mol. The molecule has 11 rings (SSSR count). The molecule has 0 aliphatic heterocycles. The maximum atomic E-state index is 10.0. The summed E-state index contributed by atoms with van der Waals surface area (Å²) in [5, 5.41) is -2.59. The molecule has 0 saturated carbocycles. The van der Waals surface area contributed by atoms with E-state index in [-0.39, 0.29) is 0 Å². The van der Waals surface area contributed by atoms with E-state index in [0.29, 0.717) is 4.90 Å². The first kappa shape index (κ1) is 13.0. The highest BCUT2D eigenvalue weighted by Crippen LogP contribution is 2.46. The molecule has 11 aromatic rings. The Balaban J connectivity index is 1.34. The standard InChI is InChI=1S/C54H35NO2/c1-4-12-36(13-5-1)39-20-22-42(23-21-39)52-53-47-18-10-11-19-49(47)56-51(53)35-48-46-33-32-45(34-50(46)57-54(48)52)55(43-28-24-40(25-29-43)37-14-6-2-7-15-37)44-30-26-41(27-31-44)38-16-8-3-9-17-38/h1-35H/i1D,2D,3D,4D,5D,6D,7D,8D,9D,10D,11D,12D,13D,14D,15D,16D,17D,18D,19D,20D,21D,22D,23D,24D,25D,26D,27D,28D,29D,30D,31D,32D,33D,34D,35D. The number of nitrogens with zero attached hydrogens (tertiary/aromatic N) is 1. The highest BCUT2D eigenvalue weighted by Gasteiger charge is 2.22. The van der Waals surface area contributed by atoms with Crippen LogP contribution in [0.2, 0.25) is 0 Å². The van der Waals surface area contributed by atoms with Crippen molar-refractivity contribution in [2.45, 2.75) is 0 Å². The largest absolute Gasteiger partial charge is 0.456 e. The Hall–Kier alpha value is -7.62. The molecule has 0 atom stereocenters. The summed E-state index contributed by atoms with van der Waals surface area (Å²) in [5.74, 6) is 0. The number of hydrogen-bond acceptors (Lipinski definition) is 3. The summed E-state index contributed by atoms with van der Waals surface area (Å²) in [5.41, 5.74) is -13.5. The zero-order chi connectivity index (χ0) is 68.2. The van der Waals surface area contributed by atoms with Crippen LogP contribution in [0.25, 0.3) is 88.4 Å². The Morgan fingerprint density at radius 3 is 1.33 bits per heavy atom. The zero-order valence-electron chi connectivity index (χ0n) is 63.3. The van der Waals surface area contributed by atoms with Gasteiger partial charge in [-0.3, -0.25) is 0 Å². The van der Waals surface area contributed by atoms with Crippen LogP contribution >= 0.6 is 0 Å². The van der Waals surface area contributed by atoms with Gasteiger partial charge in [-0.2, -0.15) is 0 Å². The van der Waals surface area contributed by atoms with Crippen LogP contribution in [0.3, 0.4) is 0 Å². The van der Waals surface area contributed by atoms with Gasteiger partial charge in [-0.1, -0.05) is 157 Å². The number of rotatable bonds is 7. The van der Waals surface area contributed by atoms with Crippen molar-refractivity contribution >= 4 is 60.9 Å². The summed E-state index contributed by atoms with van der Waals surface area (Å²) in [6, 6.07) is -36.8. The Morgan fingerprint density at radius 2 is 0.772 bits per heavy atom. The van der Waals surface area contributed by atoms with Crippen molar-refractivity contribution in [2.75, 3.05) is 4.90 Å². The molecule has 57 heavy (non-hydrogen) atoms. The first-order valence-electron chi connectivity index (χ1n) is 34.0. The summed E-state index contributed by atoms with van der Waals surface area (Å²) in [4.78, 5) is 0.298. The first-order chi connectivity index (χ1) is 42.8. The third-order valence-electron chi connectivity index (χ3n) is 8.52. The molecule has 2 heterocycles. The Bertz CT molecular complexity index is 4990. The van der Waals surface area contributed by atoms with E-state index >= 15 is 0 Å². The molecule has 3 heteroatoms. The SMILES string of the molecule is [2H]c1c([2H])c([2H])c(-c2c([2H])c([2H])c(-c3c4oc5c([2H])c(N(c6c([2H])c([2H])c(-c7c([2H])c([2H])c([2H])c([2H])c7[2H])c([2H])c6[2H])c6c([2H])c([2H])c(-c7c([2H])c([2H])c([2H])c([2H])c7[2H])c([2H])c6[2H])c([2H])c([2H])c5c4c([2H])c4oc5c([2H])c([2H])c([2H])c([2H])c5c34)c([2H])c2[2H])c([2H])c1[2H]. The number of fused-ring (bicyclic) bond motifs is 6. The van der Waals surface area contributed by atoms with Gasteiger partial charge in [0.25, 0.3) is 0 Å². The summed E-state index contributed by atoms with van der Waals surface area (Å²) < 4.78 is 327. The summed E-state index contributed by atoms with van der Waals surface area (Å²) >= 11 is 0. The van der Waals surface area contributed by atoms with E-state index in [1.54, 1.807) is 0 Å². The van der Waals surface area contributed by atoms with Gasteiger partial charge in [0, 0.05) is 50.2 Å². The molecule has 0 aliphatic rings. The van der Waals surface area contributed by atoms with Gasteiger partial charge in [-0.25, -0.2) is 0 Å². The zero-order valence-corrected chi connectivity index (χ0v) is 28.3. The van der Waals surface area contributed by atoms with E-state index in [2.05, 4.69) is 0 Å². The number of para-hydroxylation sites is 1. The van der Waals surface area contributed by atoms with Gasteiger partial charge in [0.1, 0.15) is 22.3 Å². The normalized spacial score (nSPS) is 20.1. The van der Waals surface area contributed by atoms with Crippen LogP contribution in [0.15, 0.2) is 220 Å². The quantitative estimate of drug-likeness (QED) is 0.162. The van der Waals surface area contributed by atoms with Gasteiger partial charge >= 0.3 is 0 Å². The number of anilines is 3. The van der Waals surface area contributed by atoms with Crippen molar-refractivity contribution in [3.8, 4) is 44.5 Å². The predicted molar refractivity (Wildman–Crippen MR) is 237 cm³/mol. The molecule has 9 aromatic carbocycles. The molecule has 0 spiro atoms. The first-order valence-corrected chi connectivity index (χ1v) is 16.5. The lowest BCUT2D eigenvalue weighted by molar-refractivity contribution is 0.664. The van der Waals surface area contributed by atoms with Gasteiger partial charge in [-0.15, -0.1) is 0 Å². The van der Waals surface area contributed by atoms with Crippen LogP contribution in [-0.2, 0) is 0 Å². The van der Waals surface area contributed by atoms with E-state index in [1.807, 2.05) is 0 Å². The molecule has 2 aromatic heterocycles. The molecular weight excluding hydrogens is 695 g/mol. The van der Waals surface area contributed by atoms with E-state index in [4.69, 9.17) is 34.9 Å². The van der Waals surface area contributed by atoms with Gasteiger partial charge in [0.05, 0.1) is 48.0 Å². The maximum Gasteiger partial charge on any atom is 0.144 e. The summed E-state index contributed by atoms with van der Waals surface area (Å²) in [6.07, 6.45) is 0. The van der Waals surface area contributed by atoms with Crippen molar-refractivity contribution in [1.29, 1.82) is 0 Å². The summed E-state index contributed by atoms with van der Waals surface area (Å²) in [7, 11) is 0. The van der Waals surface area contributed by atoms with Gasteiger partial charge in [0.2, 0.25) is 0 Å². The second kappa shape index (κ2) is 13.6. The third kappa shape index (κ3) is 5.76. The maximum absolute atomic E-state index is 10.0.